The molecule has 0 bridgehead atoms. The molecule has 0 aliphatic carbocycles. The Morgan fingerprint density at radius 3 is 2.44 bits per heavy atom. The third-order valence-electron chi connectivity index (χ3n) is 6.07. The van der Waals surface area contributed by atoms with Crippen LogP contribution in [-0.4, -0.2) is 50.7 Å². The van der Waals surface area contributed by atoms with Crippen LogP contribution in [0.25, 0.3) is 11.3 Å². The number of rotatable bonds is 7. The highest BCUT2D eigenvalue weighted by Crippen LogP contribution is 2.31. The second kappa shape index (κ2) is 11.2. The van der Waals surface area contributed by atoms with Crippen molar-refractivity contribution in [2.45, 2.75) is 13.0 Å². The molecule has 0 spiro atoms. The monoisotopic (exact) mass is 530 g/mol. The van der Waals surface area contributed by atoms with Crippen LogP contribution in [0.1, 0.15) is 27.6 Å². The van der Waals surface area contributed by atoms with Gasteiger partial charge in [0.1, 0.15) is 17.3 Å². The average molecular weight is 531 g/mol. The molecule has 4 aromatic rings. The maximum atomic E-state index is 14.8. The van der Waals surface area contributed by atoms with Gasteiger partial charge in [-0.2, -0.15) is 5.10 Å². The van der Waals surface area contributed by atoms with Gasteiger partial charge >= 0.3 is 0 Å². The van der Waals surface area contributed by atoms with Crippen molar-refractivity contribution in [3.8, 4) is 11.3 Å². The first-order valence-electron chi connectivity index (χ1n) is 11.9. The molecule has 2 aromatic carbocycles. The maximum absolute atomic E-state index is 14.8. The van der Waals surface area contributed by atoms with Gasteiger partial charge in [0.15, 0.2) is 6.10 Å². The van der Waals surface area contributed by atoms with E-state index in [0.29, 0.717) is 33.8 Å². The van der Waals surface area contributed by atoms with Crippen LogP contribution in [0.15, 0.2) is 71.7 Å². The summed E-state index contributed by atoms with van der Waals surface area (Å²) in [5.74, 6) is -1.26. The van der Waals surface area contributed by atoms with Crippen molar-refractivity contribution in [1.82, 2.24) is 19.7 Å². The number of nitrogens with one attached hydrogen (secondary N) is 2. The topological polar surface area (TPSA) is 129 Å². The van der Waals surface area contributed by atoms with E-state index in [4.69, 9.17) is 0 Å². The second-order valence-corrected chi connectivity index (χ2v) is 9.02. The van der Waals surface area contributed by atoms with Gasteiger partial charge in [-0.1, -0.05) is 24.3 Å². The highest BCUT2D eigenvalue weighted by atomic mass is 19.1. The fourth-order valence-electron chi connectivity index (χ4n) is 3.88. The molecule has 0 saturated carbocycles. The molecule has 2 aromatic heterocycles. The zero-order valence-corrected chi connectivity index (χ0v) is 21.8. The van der Waals surface area contributed by atoms with Crippen molar-refractivity contribution < 1.29 is 19.1 Å². The van der Waals surface area contributed by atoms with E-state index in [1.165, 1.54) is 62.6 Å². The minimum absolute atomic E-state index is 0.00889. The molecule has 2 amide bonds. The van der Waals surface area contributed by atoms with Gasteiger partial charge in [-0.15, -0.1) is 0 Å². The number of likely N-dealkylation sites (N-methyl/N-ethyl adjacent to an activating group) is 1. The molecular formula is C28H27FN6O4. The third kappa shape index (κ3) is 5.83. The number of benzene rings is 2. The molecule has 4 rings (SSSR count). The molecule has 10 nitrogen and oxygen atoms in total. The summed E-state index contributed by atoms with van der Waals surface area (Å²) in [7, 11) is 4.55. The predicted molar refractivity (Wildman–Crippen MR) is 145 cm³/mol. The number of nitrogens with zero attached hydrogens (tertiary/aromatic N) is 4. The second-order valence-electron chi connectivity index (χ2n) is 9.02. The molecule has 0 fully saturated rings. The zero-order chi connectivity index (χ0) is 28.3. The lowest BCUT2D eigenvalue weighted by molar-refractivity contribution is -0.137. The molecule has 1 atom stereocenters. The van der Waals surface area contributed by atoms with E-state index in [2.05, 4.69) is 20.7 Å². The number of amides is 2. The molecular weight excluding hydrogens is 503 g/mol. The Balaban J connectivity index is 1.64. The Labute approximate surface area is 223 Å². The number of hydrogen-bond acceptors (Lipinski definition) is 7. The molecule has 11 heteroatoms. The Hall–Kier alpha value is -4.90. The smallest absolute Gasteiger partial charge is 0.290 e. The average Bonchev–Trinajstić information content (AvgIpc) is 2.93. The number of pyridine rings is 1. The number of carbonyl (C=O) groups excluding carboxylic acids is 2. The Bertz CT molecular complexity index is 1590. The van der Waals surface area contributed by atoms with E-state index in [0.717, 1.165) is 4.68 Å². The lowest BCUT2D eigenvalue weighted by Gasteiger charge is -2.16. The molecule has 0 aliphatic rings. The van der Waals surface area contributed by atoms with Gasteiger partial charge in [-0.05, 0) is 48.9 Å². The van der Waals surface area contributed by atoms with Crippen molar-refractivity contribution in [3.63, 3.8) is 0 Å². The number of aliphatic hydroxyl groups is 1. The molecule has 0 saturated heterocycles. The Morgan fingerprint density at radius 1 is 1.08 bits per heavy atom. The summed E-state index contributed by atoms with van der Waals surface area (Å²) < 4.78 is 15.9. The first kappa shape index (κ1) is 27.1. The van der Waals surface area contributed by atoms with E-state index < -0.39 is 29.3 Å². The molecule has 0 radical (unpaired) electrons. The van der Waals surface area contributed by atoms with Crippen molar-refractivity contribution in [2.75, 3.05) is 24.7 Å². The SMILES string of the molecule is Cc1c(-c2cc(Nc3ccc(C(O)C(=O)N(C)C)cn3)c(=O)n(C)n2)ccc(F)c1NC(=O)c1ccccc1. The zero-order valence-electron chi connectivity index (χ0n) is 21.8. The van der Waals surface area contributed by atoms with Crippen LogP contribution in [0.3, 0.4) is 0 Å². The summed E-state index contributed by atoms with van der Waals surface area (Å²) in [5, 5.41) is 20.1. The fourth-order valence-corrected chi connectivity index (χ4v) is 3.88. The molecule has 0 aliphatic heterocycles. The summed E-state index contributed by atoms with van der Waals surface area (Å²) in [6.45, 7) is 1.65. The first-order valence-corrected chi connectivity index (χ1v) is 11.9. The number of aliphatic hydroxyl groups excluding tert-OH is 1. The number of hydrogen-bond donors (Lipinski definition) is 3. The largest absolute Gasteiger partial charge is 0.378 e. The van der Waals surface area contributed by atoms with Crippen LogP contribution in [0.4, 0.5) is 21.6 Å². The molecule has 2 heterocycles. The van der Waals surface area contributed by atoms with E-state index in [1.807, 2.05) is 0 Å². The summed E-state index contributed by atoms with van der Waals surface area (Å²) in [6, 6.07) is 15.8. The van der Waals surface area contributed by atoms with Gasteiger partial charge in [0.2, 0.25) is 0 Å². The minimum atomic E-state index is -1.36. The van der Waals surface area contributed by atoms with Crippen molar-refractivity contribution in [1.29, 1.82) is 0 Å². The lowest BCUT2D eigenvalue weighted by atomic mass is 10.0. The van der Waals surface area contributed by atoms with Crippen molar-refractivity contribution >= 4 is 29.0 Å². The molecule has 3 N–H and O–H groups in total. The summed E-state index contributed by atoms with van der Waals surface area (Å²) >= 11 is 0. The van der Waals surface area contributed by atoms with Crippen molar-refractivity contribution in [2.24, 2.45) is 7.05 Å². The van der Waals surface area contributed by atoms with Gasteiger partial charge in [0.25, 0.3) is 17.4 Å². The quantitative estimate of drug-likeness (QED) is 0.334. The number of anilines is 3. The normalized spacial score (nSPS) is 11.5. The molecule has 39 heavy (non-hydrogen) atoms. The predicted octanol–water partition coefficient (Wildman–Crippen LogP) is 3.41. The highest BCUT2D eigenvalue weighted by Gasteiger charge is 2.20. The van der Waals surface area contributed by atoms with E-state index in [9.17, 15) is 23.9 Å². The van der Waals surface area contributed by atoms with Gasteiger partial charge in [-0.25, -0.2) is 14.1 Å². The first-order chi connectivity index (χ1) is 18.6. The van der Waals surface area contributed by atoms with Gasteiger partial charge < -0.3 is 20.6 Å². The van der Waals surface area contributed by atoms with Crippen LogP contribution in [0.5, 0.6) is 0 Å². The summed E-state index contributed by atoms with van der Waals surface area (Å²) in [5.41, 5.74) is 1.69. The van der Waals surface area contributed by atoms with E-state index in [1.54, 1.807) is 37.3 Å². The molecule has 1 unspecified atom stereocenters. The maximum Gasteiger partial charge on any atom is 0.290 e. The summed E-state index contributed by atoms with van der Waals surface area (Å²) in [6.07, 6.45) is -0.0211. The minimum Gasteiger partial charge on any atom is -0.378 e. The van der Waals surface area contributed by atoms with Crippen LogP contribution in [0.2, 0.25) is 0 Å². The Kier molecular flexibility index (Phi) is 7.82. The van der Waals surface area contributed by atoms with Gasteiger partial charge in [0.05, 0.1) is 11.4 Å². The van der Waals surface area contributed by atoms with Crippen molar-refractivity contribution in [3.05, 3.63) is 99.7 Å². The van der Waals surface area contributed by atoms with Crippen LogP contribution >= 0.6 is 0 Å². The molecule has 200 valence electrons. The Morgan fingerprint density at radius 2 is 1.79 bits per heavy atom. The number of aryl methyl sites for hydroxylation is 1. The van der Waals surface area contributed by atoms with Crippen LogP contribution in [-0.2, 0) is 11.8 Å². The highest BCUT2D eigenvalue weighted by molar-refractivity contribution is 6.05. The number of aromatic nitrogens is 3. The van der Waals surface area contributed by atoms with Crippen LogP contribution in [0, 0.1) is 12.7 Å². The fraction of sp³-hybridized carbons (Fsp3) is 0.179. The van der Waals surface area contributed by atoms with E-state index in [-0.39, 0.29) is 11.4 Å². The third-order valence-corrected chi connectivity index (χ3v) is 6.07. The van der Waals surface area contributed by atoms with Crippen LogP contribution < -0.4 is 16.2 Å². The van der Waals surface area contributed by atoms with Gasteiger partial charge in [-0.3, -0.25) is 14.4 Å². The standard InChI is InChI=1S/C28H27FN6O4/c1-16-19(11-12-20(29)24(16)32-26(37)17-8-6-5-7-9-17)21-14-22(27(38)35(4)33-21)31-23-13-10-18(15-30-23)25(36)28(39)34(2)3/h5-15,25,36H,1-4H3,(H,30,31)(H,32,37). The van der Waals surface area contributed by atoms with Gasteiger partial charge in [0, 0.05) is 44.0 Å². The number of halogens is 1. The summed E-state index contributed by atoms with van der Waals surface area (Å²) in [4.78, 5) is 43.0. The van der Waals surface area contributed by atoms with E-state index >= 15 is 0 Å². The lowest BCUT2D eigenvalue weighted by Crippen LogP contribution is -2.28. The number of carbonyl (C=O) groups is 2.